The molecule has 0 bridgehead atoms. The van der Waals surface area contributed by atoms with Crippen LogP contribution >= 0.6 is 23.2 Å². The summed E-state index contributed by atoms with van der Waals surface area (Å²) in [6.45, 7) is 6.25. The van der Waals surface area contributed by atoms with Gasteiger partial charge in [-0.25, -0.2) is 0 Å². The molecule has 0 heterocycles. The van der Waals surface area contributed by atoms with Crippen molar-refractivity contribution < 1.29 is 0 Å². The topological polar surface area (TPSA) is 49.8 Å². The van der Waals surface area contributed by atoms with Crippen LogP contribution in [-0.2, 0) is 5.41 Å². The molecule has 2 aromatic rings. The smallest absolute Gasteiger partial charge is 0.0977 e. The van der Waals surface area contributed by atoms with Crippen molar-refractivity contribution in [2.75, 3.05) is 5.73 Å². The second-order valence-electron chi connectivity index (χ2n) is 6.32. The highest BCUT2D eigenvalue weighted by Crippen LogP contribution is 2.37. The molecule has 0 aromatic heterocycles. The van der Waals surface area contributed by atoms with Crippen LogP contribution in [0.3, 0.4) is 0 Å². The van der Waals surface area contributed by atoms with Gasteiger partial charge in [0.25, 0.3) is 0 Å². The maximum absolute atomic E-state index is 9.62. The Bertz CT molecular complexity index is 722. The monoisotopic (exact) mass is 332 g/mol. The lowest BCUT2D eigenvalue weighted by Gasteiger charge is -2.24. The number of benzene rings is 2. The van der Waals surface area contributed by atoms with E-state index in [1.165, 1.54) is 0 Å². The molecule has 1 unspecified atom stereocenters. The number of nitriles is 1. The first-order chi connectivity index (χ1) is 10.2. The average molecular weight is 333 g/mol. The third-order valence-electron chi connectivity index (χ3n) is 3.62. The van der Waals surface area contributed by atoms with Crippen LogP contribution < -0.4 is 5.73 Å². The third-order valence-corrected chi connectivity index (χ3v) is 4.20. The van der Waals surface area contributed by atoms with Gasteiger partial charge in [-0.2, -0.15) is 5.26 Å². The second kappa shape index (κ2) is 6.20. The number of nitrogen functional groups attached to an aromatic ring is 1. The van der Waals surface area contributed by atoms with E-state index in [-0.39, 0.29) is 5.41 Å². The molecular weight excluding hydrogens is 315 g/mol. The molecule has 0 saturated carbocycles. The maximum atomic E-state index is 9.62. The molecule has 1 atom stereocenters. The SMILES string of the molecule is CC(C)(C)c1cc(C(C#N)c2ccc(Cl)cc2)c(Cl)cc1N. The van der Waals surface area contributed by atoms with Gasteiger partial charge in [0.2, 0.25) is 0 Å². The van der Waals surface area contributed by atoms with Crippen LogP contribution in [0.2, 0.25) is 10.0 Å². The highest BCUT2D eigenvalue weighted by Gasteiger charge is 2.23. The maximum Gasteiger partial charge on any atom is 0.0977 e. The Balaban J connectivity index is 2.59. The summed E-state index contributed by atoms with van der Waals surface area (Å²) in [5, 5.41) is 10.8. The predicted octanol–water partition coefficient (Wildman–Crippen LogP) is 5.53. The molecule has 2 nitrogen and oxygen atoms in total. The number of anilines is 1. The minimum Gasteiger partial charge on any atom is -0.398 e. The molecule has 0 amide bonds. The Kier molecular flexibility index (Phi) is 4.70. The first-order valence-electron chi connectivity index (χ1n) is 6.98. The zero-order valence-corrected chi connectivity index (χ0v) is 14.3. The number of nitrogens with two attached hydrogens (primary N) is 1. The summed E-state index contributed by atoms with van der Waals surface area (Å²) in [7, 11) is 0. The van der Waals surface area contributed by atoms with Crippen LogP contribution in [-0.4, -0.2) is 0 Å². The highest BCUT2D eigenvalue weighted by atomic mass is 35.5. The minimum absolute atomic E-state index is 0.122. The fourth-order valence-corrected chi connectivity index (χ4v) is 2.86. The molecule has 0 radical (unpaired) electrons. The lowest BCUT2D eigenvalue weighted by atomic mass is 9.82. The van der Waals surface area contributed by atoms with Gasteiger partial charge in [0.15, 0.2) is 0 Å². The lowest BCUT2D eigenvalue weighted by molar-refractivity contribution is 0.591. The van der Waals surface area contributed by atoms with Crippen molar-refractivity contribution in [2.45, 2.75) is 32.1 Å². The van der Waals surface area contributed by atoms with E-state index in [0.717, 1.165) is 16.7 Å². The summed E-state index contributed by atoms with van der Waals surface area (Å²) in [5.41, 5.74) is 9.23. The van der Waals surface area contributed by atoms with Crippen molar-refractivity contribution in [1.82, 2.24) is 0 Å². The van der Waals surface area contributed by atoms with Crippen LogP contribution in [0.4, 0.5) is 5.69 Å². The number of rotatable bonds is 2. The molecule has 2 aromatic carbocycles. The summed E-state index contributed by atoms with van der Waals surface area (Å²) >= 11 is 12.3. The van der Waals surface area contributed by atoms with E-state index >= 15 is 0 Å². The quantitative estimate of drug-likeness (QED) is 0.735. The molecule has 114 valence electrons. The van der Waals surface area contributed by atoms with Crippen molar-refractivity contribution in [2.24, 2.45) is 0 Å². The van der Waals surface area contributed by atoms with Crippen LogP contribution in [0.15, 0.2) is 36.4 Å². The molecule has 2 rings (SSSR count). The Morgan fingerprint density at radius 1 is 1.09 bits per heavy atom. The molecular formula is C18H18Cl2N2. The van der Waals surface area contributed by atoms with Gasteiger partial charge in [-0.3, -0.25) is 0 Å². The van der Waals surface area contributed by atoms with Gasteiger partial charge in [0.1, 0.15) is 0 Å². The van der Waals surface area contributed by atoms with E-state index < -0.39 is 5.92 Å². The van der Waals surface area contributed by atoms with Crippen LogP contribution in [0.5, 0.6) is 0 Å². The van der Waals surface area contributed by atoms with E-state index in [0.29, 0.717) is 15.7 Å². The van der Waals surface area contributed by atoms with Gasteiger partial charge >= 0.3 is 0 Å². The molecule has 0 spiro atoms. The molecule has 0 saturated heterocycles. The van der Waals surface area contributed by atoms with E-state index in [1.807, 2.05) is 18.2 Å². The minimum atomic E-state index is -0.452. The standard InChI is InChI=1S/C18H18Cl2N2/c1-18(2,3)15-8-13(16(20)9-17(15)22)14(10-21)11-4-6-12(19)7-5-11/h4-9,14H,22H2,1-3H3. The van der Waals surface area contributed by atoms with Gasteiger partial charge in [-0.1, -0.05) is 62.2 Å². The molecule has 22 heavy (non-hydrogen) atoms. The number of halogens is 2. The molecule has 2 N–H and O–H groups in total. The summed E-state index contributed by atoms with van der Waals surface area (Å²) in [6, 6.07) is 13.2. The Morgan fingerprint density at radius 2 is 1.68 bits per heavy atom. The normalized spacial score (nSPS) is 12.7. The fraction of sp³-hybridized carbons (Fsp3) is 0.278. The molecule has 4 heteroatoms. The number of nitrogens with zero attached hydrogens (tertiary/aromatic N) is 1. The Hall–Kier alpha value is -1.69. The van der Waals surface area contributed by atoms with E-state index in [2.05, 4.69) is 26.8 Å². The number of hydrogen-bond donors (Lipinski definition) is 1. The average Bonchev–Trinajstić information content (AvgIpc) is 2.42. The van der Waals surface area contributed by atoms with Crippen molar-refractivity contribution in [3.8, 4) is 6.07 Å². The van der Waals surface area contributed by atoms with Gasteiger partial charge in [-0.15, -0.1) is 0 Å². The zero-order chi connectivity index (χ0) is 16.5. The lowest BCUT2D eigenvalue weighted by Crippen LogP contribution is -2.15. The van der Waals surface area contributed by atoms with Crippen LogP contribution in [0.1, 0.15) is 43.4 Å². The second-order valence-corrected chi connectivity index (χ2v) is 7.17. The first kappa shape index (κ1) is 16.7. The van der Waals surface area contributed by atoms with Crippen LogP contribution in [0.25, 0.3) is 0 Å². The summed E-state index contributed by atoms with van der Waals surface area (Å²) in [4.78, 5) is 0. The van der Waals surface area contributed by atoms with E-state index in [1.54, 1.807) is 18.2 Å². The van der Waals surface area contributed by atoms with Gasteiger partial charge < -0.3 is 5.73 Å². The summed E-state index contributed by atoms with van der Waals surface area (Å²) < 4.78 is 0. The van der Waals surface area contributed by atoms with Gasteiger partial charge in [0, 0.05) is 15.7 Å². The van der Waals surface area contributed by atoms with Gasteiger partial charge in [-0.05, 0) is 40.3 Å². The van der Waals surface area contributed by atoms with Crippen molar-refractivity contribution >= 4 is 28.9 Å². The predicted molar refractivity (Wildman–Crippen MR) is 93.5 cm³/mol. The molecule has 0 fully saturated rings. The molecule has 0 aliphatic carbocycles. The zero-order valence-electron chi connectivity index (χ0n) is 12.8. The largest absolute Gasteiger partial charge is 0.398 e. The Morgan fingerprint density at radius 3 is 2.18 bits per heavy atom. The van der Waals surface area contributed by atoms with E-state index in [9.17, 15) is 5.26 Å². The van der Waals surface area contributed by atoms with Crippen molar-refractivity contribution in [1.29, 1.82) is 5.26 Å². The summed E-state index contributed by atoms with van der Waals surface area (Å²) in [5.74, 6) is -0.452. The third kappa shape index (κ3) is 3.38. The summed E-state index contributed by atoms with van der Waals surface area (Å²) in [6.07, 6.45) is 0. The van der Waals surface area contributed by atoms with Gasteiger partial charge in [0.05, 0.1) is 12.0 Å². The van der Waals surface area contributed by atoms with Crippen molar-refractivity contribution in [3.05, 3.63) is 63.1 Å². The number of hydrogen-bond acceptors (Lipinski definition) is 2. The van der Waals surface area contributed by atoms with Crippen molar-refractivity contribution in [3.63, 3.8) is 0 Å². The molecule has 0 aliphatic rings. The first-order valence-corrected chi connectivity index (χ1v) is 7.74. The van der Waals surface area contributed by atoms with Crippen LogP contribution in [0, 0.1) is 11.3 Å². The van der Waals surface area contributed by atoms with E-state index in [4.69, 9.17) is 28.9 Å². The Labute approximate surface area is 141 Å². The highest BCUT2D eigenvalue weighted by molar-refractivity contribution is 6.32. The molecule has 0 aliphatic heterocycles. The fourth-order valence-electron chi connectivity index (χ4n) is 2.45.